The van der Waals surface area contributed by atoms with Gasteiger partial charge in [0.05, 0.1) is 10.0 Å². The van der Waals surface area contributed by atoms with Crippen molar-refractivity contribution < 1.29 is 9.90 Å². The van der Waals surface area contributed by atoms with Crippen molar-refractivity contribution in [2.24, 2.45) is 0 Å². The van der Waals surface area contributed by atoms with Crippen molar-refractivity contribution >= 4 is 52.2 Å². The molecule has 8 heteroatoms. The van der Waals surface area contributed by atoms with Crippen molar-refractivity contribution in [1.29, 1.82) is 0 Å². The Morgan fingerprint density at radius 3 is 2.50 bits per heavy atom. The van der Waals surface area contributed by atoms with Gasteiger partial charge >= 0.3 is 0 Å². The van der Waals surface area contributed by atoms with E-state index in [1.54, 1.807) is 23.1 Å². The van der Waals surface area contributed by atoms with Crippen LogP contribution in [0.4, 0.5) is 11.4 Å². The molecule has 0 aliphatic carbocycles. The van der Waals surface area contributed by atoms with Crippen LogP contribution in [-0.2, 0) is 4.79 Å². The van der Waals surface area contributed by atoms with E-state index in [1.807, 2.05) is 24.3 Å². The van der Waals surface area contributed by atoms with Crippen LogP contribution in [0.25, 0.3) is 0 Å². The maximum Gasteiger partial charge on any atom is 0.243 e. The number of hydrogen-bond acceptors (Lipinski definition) is 5. The number of thioether (sulfide) groups is 1. The molecular formula is C22H25Cl2N3O2S. The largest absolute Gasteiger partial charge is 0.387 e. The van der Waals surface area contributed by atoms with Crippen LogP contribution >= 0.6 is 35.0 Å². The Morgan fingerprint density at radius 2 is 1.77 bits per heavy atom. The van der Waals surface area contributed by atoms with Gasteiger partial charge in [-0.05, 0) is 31.3 Å². The Labute approximate surface area is 191 Å². The maximum atomic E-state index is 13.3. The summed E-state index contributed by atoms with van der Waals surface area (Å²) in [6.45, 7) is 4.34. The molecule has 2 aromatic carbocycles. The number of para-hydroxylation sites is 1. The quantitative estimate of drug-likeness (QED) is 0.740. The predicted molar refractivity (Wildman–Crippen MR) is 126 cm³/mol. The standard InChI is InChI=1S/C22H25Cl2N3O2S/c1-25-8-10-26(11-9-25)19-5-3-2-4-16(19)20(28)21-22(29)27(12-13-30-21)15-6-7-17(23)18(24)14-15/h2-7,14,20-21,28H,8-13H2,1H3. The SMILES string of the molecule is CN1CCN(c2ccccc2C(O)C2SCCN(c3ccc(Cl)c(Cl)c3)C2=O)CC1. The number of amides is 1. The Hall–Kier alpha value is -1.44. The highest BCUT2D eigenvalue weighted by molar-refractivity contribution is 8.00. The lowest BCUT2D eigenvalue weighted by Gasteiger charge is -2.38. The molecule has 0 spiro atoms. The van der Waals surface area contributed by atoms with Crippen molar-refractivity contribution in [2.75, 3.05) is 55.3 Å². The molecule has 0 saturated carbocycles. The molecule has 2 aliphatic rings. The van der Waals surface area contributed by atoms with E-state index in [-0.39, 0.29) is 5.91 Å². The minimum Gasteiger partial charge on any atom is -0.387 e. The molecule has 2 aromatic rings. The van der Waals surface area contributed by atoms with E-state index < -0.39 is 11.4 Å². The zero-order valence-corrected chi connectivity index (χ0v) is 19.1. The number of halogens is 2. The molecule has 0 bridgehead atoms. The van der Waals surface area contributed by atoms with E-state index in [1.165, 1.54) is 11.8 Å². The number of aliphatic hydroxyl groups excluding tert-OH is 1. The van der Waals surface area contributed by atoms with E-state index in [4.69, 9.17) is 23.2 Å². The van der Waals surface area contributed by atoms with Gasteiger partial charge < -0.3 is 19.8 Å². The van der Waals surface area contributed by atoms with E-state index in [0.29, 0.717) is 22.3 Å². The Balaban J connectivity index is 1.58. The molecule has 2 aliphatic heterocycles. The second kappa shape index (κ2) is 9.37. The van der Waals surface area contributed by atoms with Crippen molar-refractivity contribution in [3.8, 4) is 0 Å². The molecule has 2 atom stereocenters. The lowest BCUT2D eigenvalue weighted by atomic mass is 10.0. The monoisotopic (exact) mass is 465 g/mol. The number of aliphatic hydroxyl groups is 1. The van der Waals surface area contributed by atoms with E-state index >= 15 is 0 Å². The number of nitrogens with zero attached hydrogens (tertiary/aromatic N) is 3. The zero-order valence-electron chi connectivity index (χ0n) is 16.8. The molecule has 2 fully saturated rings. The summed E-state index contributed by atoms with van der Waals surface area (Å²) in [5, 5.41) is 11.6. The topological polar surface area (TPSA) is 47.0 Å². The number of hydrogen-bond donors (Lipinski definition) is 1. The lowest BCUT2D eigenvalue weighted by molar-refractivity contribution is -0.120. The van der Waals surface area contributed by atoms with E-state index in [2.05, 4.69) is 16.8 Å². The van der Waals surface area contributed by atoms with Crippen LogP contribution in [0.15, 0.2) is 42.5 Å². The van der Waals surface area contributed by atoms with Crippen LogP contribution < -0.4 is 9.80 Å². The molecular weight excluding hydrogens is 441 g/mol. The molecule has 160 valence electrons. The fraction of sp³-hybridized carbons (Fsp3) is 0.409. The van der Waals surface area contributed by atoms with Crippen LogP contribution in [0, 0.1) is 0 Å². The normalized spacial score (nSPS) is 21.7. The number of piperazine rings is 1. The molecule has 0 radical (unpaired) electrons. The maximum absolute atomic E-state index is 13.3. The Morgan fingerprint density at radius 1 is 1.03 bits per heavy atom. The summed E-state index contributed by atoms with van der Waals surface area (Å²) in [5.74, 6) is 0.634. The summed E-state index contributed by atoms with van der Waals surface area (Å²) in [7, 11) is 2.12. The third-order valence-corrected chi connectivity index (χ3v) is 7.70. The lowest BCUT2D eigenvalue weighted by Crippen LogP contribution is -2.47. The minimum absolute atomic E-state index is 0.106. The first-order valence-corrected chi connectivity index (χ1v) is 11.8. The van der Waals surface area contributed by atoms with Crippen molar-refractivity contribution in [3.63, 3.8) is 0 Å². The summed E-state index contributed by atoms with van der Waals surface area (Å²) < 4.78 is 0. The van der Waals surface area contributed by atoms with Gasteiger partial charge in [-0.2, -0.15) is 0 Å². The van der Waals surface area contributed by atoms with Crippen molar-refractivity contribution in [3.05, 3.63) is 58.1 Å². The Bertz CT molecular complexity index is 921. The summed E-state index contributed by atoms with van der Waals surface area (Å²) in [4.78, 5) is 19.6. The van der Waals surface area contributed by atoms with Gasteiger partial charge in [0.25, 0.3) is 0 Å². The van der Waals surface area contributed by atoms with Crippen LogP contribution in [-0.4, -0.2) is 66.7 Å². The van der Waals surface area contributed by atoms with Gasteiger partial charge in [-0.1, -0.05) is 41.4 Å². The first-order valence-electron chi connectivity index (χ1n) is 10.0. The van der Waals surface area contributed by atoms with Crippen LogP contribution in [0.5, 0.6) is 0 Å². The Kier molecular flexibility index (Phi) is 6.80. The van der Waals surface area contributed by atoms with Crippen LogP contribution in [0.3, 0.4) is 0 Å². The molecule has 1 amide bonds. The number of benzene rings is 2. The number of carbonyl (C=O) groups excluding carboxylic acids is 1. The minimum atomic E-state index is -0.885. The van der Waals surface area contributed by atoms with Gasteiger partial charge in [-0.15, -0.1) is 11.8 Å². The number of rotatable bonds is 4. The third-order valence-electron chi connectivity index (χ3n) is 5.72. The number of anilines is 2. The highest BCUT2D eigenvalue weighted by Crippen LogP contribution is 2.38. The highest BCUT2D eigenvalue weighted by Gasteiger charge is 2.37. The van der Waals surface area contributed by atoms with Gasteiger partial charge in [0, 0.05) is 55.4 Å². The molecule has 4 rings (SSSR count). The van der Waals surface area contributed by atoms with Gasteiger partial charge in [0.1, 0.15) is 11.4 Å². The second-order valence-corrected chi connectivity index (χ2v) is 9.74. The number of carbonyl (C=O) groups is 1. The molecule has 2 unspecified atom stereocenters. The van der Waals surface area contributed by atoms with Crippen LogP contribution in [0.1, 0.15) is 11.7 Å². The van der Waals surface area contributed by atoms with Gasteiger partial charge in [0.2, 0.25) is 5.91 Å². The summed E-state index contributed by atoms with van der Waals surface area (Å²) in [6.07, 6.45) is -0.885. The van der Waals surface area contributed by atoms with Crippen molar-refractivity contribution in [1.82, 2.24) is 4.90 Å². The average Bonchev–Trinajstić information content (AvgIpc) is 2.76. The second-order valence-electron chi connectivity index (χ2n) is 7.67. The van der Waals surface area contributed by atoms with E-state index in [0.717, 1.165) is 43.2 Å². The molecule has 1 N–H and O–H groups in total. The summed E-state index contributed by atoms with van der Waals surface area (Å²) >= 11 is 13.7. The van der Waals surface area contributed by atoms with Gasteiger partial charge in [-0.3, -0.25) is 4.79 Å². The van der Waals surface area contributed by atoms with Gasteiger partial charge in [0.15, 0.2) is 0 Å². The molecule has 5 nitrogen and oxygen atoms in total. The smallest absolute Gasteiger partial charge is 0.243 e. The molecule has 0 aromatic heterocycles. The zero-order chi connectivity index (χ0) is 21.3. The highest BCUT2D eigenvalue weighted by atomic mass is 35.5. The molecule has 2 heterocycles. The van der Waals surface area contributed by atoms with Gasteiger partial charge in [-0.25, -0.2) is 0 Å². The molecule has 2 saturated heterocycles. The predicted octanol–water partition coefficient (Wildman–Crippen LogP) is 3.93. The summed E-state index contributed by atoms with van der Waals surface area (Å²) in [6, 6.07) is 13.1. The summed E-state index contributed by atoms with van der Waals surface area (Å²) in [5.41, 5.74) is 2.53. The third kappa shape index (κ3) is 4.43. The fourth-order valence-corrected chi connectivity index (χ4v) is 5.41. The average molecular weight is 466 g/mol. The first-order chi connectivity index (χ1) is 14.5. The van der Waals surface area contributed by atoms with Crippen LogP contribution in [0.2, 0.25) is 10.0 Å². The van der Waals surface area contributed by atoms with Crippen molar-refractivity contribution in [2.45, 2.75) is 11.4 Å². The molecule has 30 heavy (non-hydrogen) atoms. The fourth-order valence-electron chi connectivity index (χ4n) is 3.98. The number of likely N-dealkylation sites (N-methyl/N-ethyl adjacent to an activating group) is 1. The first kappa shape index (κ1) is 21.8. The van der Waals surface area contributed by atoms with E-state index in [9.17, 15) is 9.90 Å².